The first-order valence-electron chi connectivity index (χ1n) is 10.1. The van der Waals surface area contributed by atoms with E-state index in [0.717, 1.165) is 53.9 Å². The van der Waals surface area contributed by atoms with Gasteiger partial charge in [0.1, 0.15) is 5.82 Å². The molecule has 29 heavy (non-hydrogen) atoms. The van der Waals surface area contributed by atoms with Crippen LogP contribution < -0.4 is 5.73 Å². The number of nitrogens with zero attached hydrogens (tertiary/aromatic N) is 4. The van der Waals surface area contributed by atoms with E-state index in [1.54, 1.807) is 0 Å². The van der Waals surface area contributed by atoms with Crippen molar-refractivity contribution < 1.29 is 0 Å². The number of hydrogen-bond acceptors (Lipinski definition) is 5. The van der Waals surface area contributed by atoms with E-state index in [4.69, 9.17) is 15.7 Å². The molecule has 0 radical (unpaired) electrons. The second-order valence-electron chi connectivity index (χ2n) is 7.64. The lowest BCUT2D eigenvalue weighted by Gasteiger charge is -2.34. The van der Waals surface area contributed by atoms with Crippen LogP contribution >= 0.6 is 0 Å². The number of imidazole rings is 1. The molecular formula is C22H25N7. The van der Waals surface area contributed by atoms with Crippen molar-refractivity contribution in [3.63, 3.8) is 0 Å². The highest BCUT2D eigenvalue weighted by molar-refractivity contribution is 5.74. The minimum absolute atomic E-state index is 0.244. The summed E-state index contributed by atoms with van der Waals surface area (Å²) >= 11 is 0. The van der Waals surface area contributed by atoms with E-state index >= 15 is 0 Å². The van der Waals surface area contributed by atoms with E-state index in [2.05, 4.69) is 32.2 Å². The van der Waals surface area contributed by atoms with Crippen molar-refractivity contribution in [1.82, 2.24) is 30.0 Å². The van der Waals surface area contributed by atoms with Gasteiger partial charge in [-0.3, -0.25) is 15.0 Å². The maximum absolute atomic E-state index is 5.91. The zero-order valence-electron chi connectivity index (χ0n) is 16.3. The Hall–Kier alpha value is -3.03. The second kappa shape index (κ2) is 7.77. The molecule has 1 aromatic carbocycles. The highest BCUT2D eigenvalue weighted by Gasteiger charge is 2.28. The van der Waals surface area contributed by atoms with Crippen LogP contribution in [0, 0.1) is 0 Å². The largest absolute Gasteiger partial charge is 0.341 e. The SMILES string of the molecule is NCc1[nH]ncc1CN(Cc1nc2ccccc2[nH]1)C1CCCc2cccnc21. The molecule has 0 bridgehead atoms. The van der Waals surface area contributed by atoms with Gasteiger partial charge in [0, 0.05) is 24.8 Å². The summed E-state index contributed by atoms with van der Waals surface area (Å²) in [5.74, 6) is 0.965. The average molecular weight is 387 g/mol. The average Bonchev–Trinajstić information content (AvgIpc) is 3.38. The van der Waals surface area contributed by atoms with Gasteiger partial charge < -0.3 is 10.7 Å². The number of pyridine rings is 1. The van der Waals surface area contributed by atoms with Crippen molar-refractivity contribution >= 4 is 11.0 Å². The van der Waals surface area contributed by atoms with Crippen LogP contribution in [0.4, 0.5) is 0 Å². The van der Waals surface area contributed by atoms with E-state index in [9.17, 15) is 0 Å². The normalized spacial score (nSPS) is 16.4. The number of nitrogens with one attached hydrogen (secondary N) is 2. The molecule has 3 aromatic heterocycles. The molecule has 1 atom stereocenters. The lowest BCUT2D eigenvalue weighted by Crippen LogP contribution is -2.32. The molecule has 1 unspecified atom stereocenters. The van der Waals surface area contributed by atoms with E-state index in [0.29, 0.717) is 13.1 Å². The number of aryl methyl sites for hydroxylation is 1. The summed E-state index contributed by atoms with van der Waals surface area (Å²) in [6.07, 6.45) is 7.13. The molecule has 4 N–H and O–H groups in total. The number of nitrogens with two attached hydrogens (primary N) is 1. The number of H-pyrrole nitrogens is 2. The van der Waals surface area contributed by atoms with Gasteiger partial charge in [-0.2, -0.15) is 5.10 Å². The monoisotopic (exact) mass is 387 g/mol. The van der Waals surface area contributed by atoms with Crippen LogP contribution in [0.25, 0.3) is 11.0 Å². The Morgan fingerprint density at radius 3 is 2.97 bits per heavy atom. The van der Waals surface area contributed by atoms with Crippen LogP contribution in [0.1, 0.15) is 47.2 Å². The molecule has 0 aliphatic heterocycles. The van der Waals surface area contributed by atoms with Gasteiger partial charge >= 0.3 is 0 Å². The number of aromatic amines is 2. The van der Waals surface area contributed by atoms with Gasteiger partial charge in [0.05, 0.1) is 41.2 Å². The van der Waals surface area contributed by atoms with Crippen molar-refractivity contribution in [2.75, 3.05) is 0 Å². The maximum atomic E-state index is 5.91. The summed E-state index contributed by atoms with van der Waals surface area (Å²) in [7, 11) is 0. The van der Waals surface area contributed by atoms with E-state index in [1.807, 2.05) is 36.7 Å². The second-order valence-corrected chi connectivity index (χ2v) is 7.64. The van der Waals surface area contributed by atoms with Crippen LogP contribution in [0.2, 0.25) is 0 Å². The van der Waals surface area contributed by atoms with Crippen molar-refractivity contribution in [3.8, 4) is 0 Å². The van der Waals surface area contributed by atoms with Crippen LogP contribution in [0.3, 0.4) is 0 Å². The first kappa shape index (κ1) is 18.0. The molecule has 0 saturated heterocycles. The highest BCUT2D eigenvalue weighted by atomic mass is 15.2. The van der Waals surface area contributed by atoms with Crippen LogP contribution in [-0.2, 0) is 26.1 Å². The van der Waals surface area contributed by atoms with Gasteiger partial charge in [0.2, 0.25) is 0 Å². The summed E-state index contributed by atoms with van der Waals surface area (Å²) in [5, 5.41) is 7.23. The maximum Gasteiger partial charge on any atom is 0.121 e. The van der Waals surface area contributed by atoms with E-state index in [-0.39, 0.29) is 6.04 Å². The summed E-state index contributed by atoms with van der Waals surface area (Å²) in [4.78, 5) is 15.5. The molecule has 148 valence electrons. The molecule has 4 aromatic rings. The highest BCUT2D eigenvalue weighted by Crippen LogP contribution is 2.34. The predicted octanol–water partition coefficient (Wildman–Crippen LogP) is 3.22. The lowest BCUT2D eigenvalue weighted by molar-refractivity contribution is 0.153. The summed E-state index contributed by atoms with van der Waals surface area (Å²) in [5.41, 5.74) is 12.6. The number of fused-ring (bicyclic) bond motifs is 2. The Labute approximate surface area is 169 Å². The van der Waals surface area contributed by atoms with Gasteiger partial charge in [-0.25, -0.2) is 4.98 Å². The molecule has 0 spiro atoms. The number of benzene rings is 1. The van der Waals surface area contributed by atoms with E-state index < -0.39 is 0 Å². The third-order valence-corrected chi connectivity index (χ3v) is 5.78. The van der Waals surface area contributed by atoms with Crippen LogP contribution in [0.5, 0.6) is 0 Å². The fourth-order valence-electron chi connectivity index (χ4n) is 4.36. The Morgan fingerprint density at radius 1 is 1.14 bits per heavy atom. The van der Waals surface area contributed by atoms with Gasteiger partial charge in [0.15, 0.2) is 0 Å². The molecule has 0 amide bonds. The van der Waals surface area contributed by atoms with Crippen LogP contribution in [0.15, 0.2) is 48.8 Å². The lowest BCUT2D eigenvalue weighted by atomic mass is 9.90. The van der Waals surface area contributed by atoms with Crippen molar-refractivity contribution in [2.24, 2.45) is 5.73 Å². The smallest absolute Gasteiger partial charge is 0.121 e. The minimum Gasteiger partial charge on any atom is -0.341 e. The number of hydrogen-bond donors (Lipinski definition) is 3. The van der Waals surface area contributed by atoms with Gasteiger partial charge in [0.25, 0.3) is 0 Å². The molecule has 7 nitrogen and oxygen atoms in total. The molecule has 7 heteroatoms. The molecule has 0 saturated carbocycles. The molecule has 1 aliphatic rings. The van der Waals surface area contributed by atoms with Gasteiger partial charge in [-0.1, -0.05) is 18.2 Å². The zero-order chi connectivity index (χ0) is 19.6. The standard InChI is InChI=1S/C22H25N7/c23-11-19-16(12-25-28-19)13-29(14-21-26-17-7-1-2-8-18(17)27-21)20-9-3-5-15-6-4-10-24-22(15)20/h1-2,4,6-8,10,12,20H,3,5,9,11,13-14,23H2,(H,25,28)(H,26,27). The molecule has 1 aliphatic carbocycles. The Bertz CT molecular complexity index is 1080. The number of para-hydroxylation sites is 2. The molecule has 5 rings (SSSR count). The zero-order valence-corrected chi connectivity index (χ0v) is 16.3. The Kier molecular flexibility index (Phi) is 4.83. The predicted molar refractivity (Wildman–Crippen MR) is 112 cm³/mol. The number of aromatic nitrogens is 5. The number of rotatable bonds is 6. The van der Waals surface area contributed by atoms with Crippen molar-refractivity contribution in [1.29, 1.82) is 0 Å². The molecule has 0 fully saturated rings. The first-order chi connectivity index (χ1) is 14.3. The quantitative estimate of drug-likeness (QED) is 0.472. The minimum atomic E-state index is 0.244. The molecular weight excluding hydrogens is 362 g/mol. The molecule has 3 heterocycles. The fourth-order valence-corrected chi connectivity index (χ4v) is 4.36. The third kappa shape index (κ3) is 3.54. The van der Waals surface area contributed by atoms with Gasteiger partial charge in [-0.05, 0) is 43.0 Å². The summed E-state index contributed by atoms with van der Waals surface area (Å²) in [6.45, 7) is 1.92. The van der Waals surface area contributed by atoms with Crippen LogP contribution in [-0.4, -0.2) is 30.0 Å². The third-order valence-electron chi connectivity index (χ3n) is 5.78. The fraction of sp³-hybridized carbons (Fsp3) is 0.318. The Balaban J connectivity index is 1.51. The Morgan fingerprint density at radius 2 is 2.07 bits per heavy atom. The topological polar surface area (TPSA) is 99.5 Å². The summed E-state index contributed by atoms with van der Waals surface area (Å²) < 4.78 is 0. The van der Waals surface area contributed by atoms with Gasteiger partial charge in [-0.15, -0.1) is 0 Å². The van der Waals surface area contributed by atoms with E-state index in [1.165, 1.54) is 11.3 Å². The first-order valence-corrected chi connectivity index (χ1v) is 10.1. The van der Waals surface area contributed by atoms with Crippen molar-refractivity contribution in [3.05, 3.63) is 77.1 Å². The van der Waals surface area contributed by atoms with Crippen molar-refractivity contribution in [2.45, 2.75) is 44.9 Å². The summed E-state index contributed by atoms with van der Waals surface area (Å²) in [6, 6.07) is 12.6.